The Morgan fingerprint density at radius 1 is 0.380 bits per heavy atom. The third-order valence-electron chi connectivity index (χ3n) is 14.9. The van der Waals surface area contributed by atoms with Crippen LogP contribution in [0.5, 0.6) is 0 Å². The molecule has 0 N–H and O–H groups in total. The molecule has 1 aliphatic rings. The quantitative estimate of drug-likeness (QED) is 0.0841. The predicted octanol–water partition coefficient (Wildman–Crippen LogP) is 14.5. The molecule has 0 saturated carbocycles. The molecule has 0 spiro atoms. The molecule has 0 aliphatic carbocycles. The molecule has 3 heterocycles. The van der Waals surface area contributed by atoms with Gasteiger partial charge in [-0.05, 0) is 50.1 Å². The highest BCUT2D eigenvalue weighted by Gasteiger charge is 2.57. The van der Waals surface area contributed by atoms with Crippen molar-refractivity contribution >= 4 is 11.2 Å². The van der Waals surface area contributed by atoms with Crippen molar-refractivity contribution in [2.75, 3.05) is 6.61 Å². The van der Waals surface area contributed by atoms with Crippen LogP contribution >= 0.6 is 0 Å². The van der Waals surface area contributed by atoms with E-state index in [4.69, 9.17) is 18.9 Å². The summed E-state index contributed by atoms with van der Waals surface area (Å²) in [5.41, 5.74) is 1.51. The topological polar surface area (TPSA) is 80.5 Å². The van der Waals surface area contributed by atoms with E-state index in [1.165, 1.54) is 10.9 Å². The van der Waals surface area contributed by atoms with Crippen LogP contribution in [0.1, 0.15) is 62.0 Å². The first kappa shape index (κ1) is 50.9. The number of fused-ring (bicyclic) bond motifs is 1. The van der Waals surface area contributed by atoms with Crippen molar-refractivity contribution in [2.45, 2.75) is 47.5 Å². The molecule has 4 atom stereocenters. The van der Waals surface area contributed by atoms with Crippen molar-refractivity contribution in [3.8, 4) is 0 Å². The third-order valence-corrected chi connectivity index (χ3v) is 14.9. The molecular formula is C68H53F3N4O4. The zero-order chi connectivity index (χ0) is 53.7. The molecule has 0 radical (unpaired) electrons. The first-order valence-electron chi connectivity index (χ1n) is 26.2. The third kappa shape index (κ3) is 9.40. The Kier molecular flexibility index (Phi) is 14.1. The van der Waals surface area contributed by atoms with Gasteiger partial charge in [0, 0.05) is 0 Å². The number of hydrogen-bond acceptors (Lipinski definition) is 7. The minimum atomic E-state index is -4.85. The van der Waals surface area contributed by atoms with Crippen molar-refractivity contribution in [1.82, 2.24) is 19.5 Å². The zero-order valence-electron chi connectivity index (χ0n) is 42.7. The van der Waals surface area contributed by atoms with Crippen LogP contribution in [0.4, 0.5) is 13.2 Å². The van der Waals surface area contributed by atoms with Crippen molar-refractivity contribution < 1.29 is 32.1 Å². The highest BCUT2D eigenvalue weighted by molar-refractivity contribution is 5.74. The van der Waals surface area contributed by atoms with Crippen LogP contribution in [0.15, 0.2) is 286 Å². The molecule has 9 aromatic carbocycles. The second-order valence-corrected chi connectivity index (χ2v) is 19.4. The van der Waals surface area contributed by atoms with E-state index in [1.807, 2.05) is 273 Å². The Morgan fingerprint density at radius 2 is 0.684 bits per heavy atom. The summed E-state index contributed by atoms with van der Waals surface area (Å²) in [5, 5.41) is 0. The van der Waals surface area contributed by atoms with Crippen molar-refractivity contribution in [3.05, 3.63) is 341 Å². The summed E-state index contributed by atoms with van der Waals surface area (Å²) in [6.07, 6.45) is -7.31. The number of nitrogens with zero attached hydrogens (tertiary/aromatic N) is 4. The number of aromatic nitrogens is 4. The number of alkyl halides is 3. The van der Waals surface area contributed by atoms with E-state index in [1.54, 1.807) is 0 Å². The van der Waals surface area contributed by atoms with Gasteiger partial charge in [0.15, 0.2) is 17.6 Å². The van der Waals surface area contributed by atoms with Crippen LogP contribution in [0.3, 0.4) is 0 Å². The monoisotopic (exact) mass is 1050 g/mol. The number of hydrogen-bond donors (Lipinski definition) is 0. The average molecular weight is 1050 g/mol. The fourth-order valence-electron chi connectivity index (χ4n) is 11.4. The van der Waals surface area contributed by atoms with Crippen molar-refractivity contribution in [1.29, 1.82) is 0 Å². The van der Waals surface area contributed by atoms with E-state index >= 15 is 0 Å². The van der Waals surface area contributed by atoms with Gasteiger partial charge in [0.25, 0.3) is 0 Å². The maximum absolute atomic E-state index is 15.0. The molecule has 1 aliphatic heterocycles. The average Bonchev–Trinajstić information content (AvgIpc) is 4.34. The van der Waals surface area contributed by atoms with Gasteiger partial charge in [-0.1, -0.05) is 273 Å². The first-order chi connectivity index (χ1) is 38.8. The van der Waals surface area contributed by atoms with Crippen LogP contribution in [0.2, 0.25) is 0 Å². The van der Waals surface area contributed by atoms with Gasteiger partial charge in [-0.3, -0.25) is 4.57 Å². The molecule has 79 heavy (non-hydrogen) atoms. The number of halogens is 3. The lowest BCUT2D eigenvalue weighted by atomic mass is 9.79. The summed E-state index contributed by atoms with van der Waals surface area (Å²) < 4.78 is 78.2. The highest BCUT2D eigenvalue weighted by Crippen LogP contribution is 2.51. The second-order valence-electron chi connectivity index (χ2n) is 19.4. The number of imidazole rings is 1. The fraction of sp³-hybridized carbons (Fsp3) is 0.132. The smallest absolute Gasteiger partial charge is 0.358 e. The summed E-state index contributed by atoms with van der Waals surface area (Å²) in [6.45, 7) is -0.140. The van der Waals surface area contributed by atoms with Gasteiger partial charge in [0.1, 0.15) is 47.0 Å². The standard InChI is InChI=1S/C68H53F3N4O4/c69-68(70,71)62-59-63(73-47-72-62)75(48-74-59)64-61(79-67(55-40-22-7-23-41-55,56-42-24-8-25-43-56)57-44-26-9-27-45-57)60(78-66(52-34-16-4-17-35-52,53-36-18-5-19-37-53)54-38-20-6-21-39-54)58(77-64)46-76-65(49-28-10-1-11-29-49,50-30-12-2-13-31-50)51-32-14-3-15-33-51/h1-45,47-48,58,60-61,64H,46H2/t58-,60-,61-,64-/m1/s1. The van der Waals surface area contributed by atoms with Crippen LogP contribution < -0.4 is 0 Å². The zero-order valence-corrected chi connectivity index (χ0v) is 42.7. The minimum Gasteiger partial charge on any atom is -0.358 e. The van der Waals surface area contributed by atoms with Crippen LogP contribution in [-0.2, 0) is 41.9 Å². The number of benzene rings is 9. The lowest BCUT2D eigenvalue weighted by Gasteiger charge is -2.44. The van der Waals surface area contributed by atoms with E-state index in [0.29, 0.717) is 0 Å². The molecule has 11 aromatic rings. The van der Waals surface area contributed by atoms with Gasteiger partial charge in [-0.2, -0.15) is 13.2 Å². The first-order valence-corrected chi connectivity index (χ1v) is 26.2. The Hall–Kier alpha value is -8.84. The van der Waals surface area contributed by atoms with Gasteiger partial charge in [-0.15, -0.1) is 0 Å². The Balaban J connectivity index is 1.15. The molecule has 0 bridgehead atoms. The predicted molar refractivity (Wildman–Crippen MR) is 298 cm³/mol. The summed E-state index contributed by atoms with van der Waals surface area (Å²) in [4.78, 5) is 12.6. The molecule has 1 saturated heterocycles. The fourth-order valence-corrected chi connectivity index (χ4v) is 11.4. The van der Waals surface area contributed by atoms with E-state index in [2.05, 4.69) is 15.0 Å². The minimum absolute atomic E-state index is 0.112. The molecule has 0 unspecified atom stereocenters. The van der Waals surface area contributed by atoms with E-state index in [9.17, 15) is 13.2 Å². The van der Waals surface area contributed by atoms with E-state index in [-0.39, 0.29) is 12.3 Å². The van der Waals surface area contributed by atoms with Gasteiger partial charge in [-0.25, -0.2) is 15.0 Å². The van der Waals surface area contributed by atoms with Gasteiger partial charge >= 0.3 is 6.18 Å². The maximum Gasteiger partial charge on any atom is 0.435 e. The van der Waals surface area contributed by atoms with Gasteiger partial charge in [0.2, 0.25) is 0 Å². The number of rotatable bonds is 17. The largest absolute Gasteiger partial charge is 0.435 e. The molecule has 1 fully saturated rings. The lowest BCUT2D eigenvalue weighted by Crippen LogP contribution is -2.50. The Morgan fingerprint density at radius 3 is 1.00 bits per heavy atom. The van der Waals surface area contributed by atoms with Crippen molar-refractivity contribution in [3.63, 3.8) is 0 Å². The van der Waals surface area contributed by atoms with Crippen molar-refractivity contribution in [2.24, 2.45) is 0 Å². The van der Waals surface area contributed by atoms with Gasteiger partial charge < -0.3 is 18.9 Å². The van der Waals surface area contributed by atoms with Crippen LogP contribution in [0.25, 0.3) is 11.2 Å². The molecule has 2 aromatic heterocycles. The number of ether oxygens (including phenoxy) is 4. The molecule has 8 nitrogen and oxygen atoms in total. The Bertz CT molecular complexity index is 3430. The molecule has 12 rings (SSSR count). The van der Waals surface area contributed by atoms with Crippen LogP contribution in [-0.4, -0.2) is 44.4 Å². The maximum atomic E-state index is 15.0. The SMILES string of the molecule is FC(F)(F)c1ncnc2c1ncn2[C@@H]1O[C@H](COC(c2ccccc2)(c2ccccc2)c2ccccc2)[C@@H](OC(c2ccccc2)(c2ccccc2)c2ccccc2)[C@H]1OC(c1ccccc1)(c1ccccc1)c1ccccc1. The molecule has 0 amide bonds. The summed E-state index contributed by atoms with van der Waals surface area (Å²) in [6, 6.07) is 90.0. The summed E-state index contributed by atoms with van der Waals surface area (Å²) in [5.74, 6) is 0. The highest BCUT2D eigenvalue weighted by atomic mass is 19.4. The Labute approximate surface area is 456 Å². The molecular weight excluding hydrogens is 994 g/mol. The van der Waals surface area contributed by atoms with Crippen LogP contribution in [0, 0.1) is 0 Å². The molecule has 390 valence electrons. The lowest BCUT2D eigenvalue weighted by molar-refractivity contribution is -0.158. The summed E-state index contributed by atoms with van der Waals surface area (Å²) >= 11 is 0. The van der Waals surface area contributed by atoms with E-state index in [0.717, 1.165) is 56.4 Å². The molecule has 11 heteroatoms. The normalized spacial score (nSPS) is 16.9. The second kappa shape index (κ2) is 21.9. The summed E-state index contributed by atoms with van der Waals surface area (Å²) in [7, 11) is 0. The van der Waals surface area contributed by atoms with E-state index < -0.39 is 58.7 Å². The van der Waals surface area contributed by atoms with Gasteiger partial charge in [0.05, 0.1) is 12.9 Å².